The lowest BCUT2D eigenvalue weighted by molar-refractivity contribution is 0.698. The fourth-order valence-corrected chi connectivity index (χ4v) is 1.05. The Balaban J connectivity index is 2.96. The van der Waals surface area contributed by atoms with Gasteiger partial charge < -0.3 is 0 Å². The Kier molecular flexibility index (Phi) is 9.57. The SMILES string of the molecule is CCCC=CCCCCCC#N. The first-order chi connectivity index (χ1) is 5.91. The molecule has 0 saturated heterocycles. The Morgan fingerprint density at radius 3 is 2.50 bits per heavy atom. The molecule has 0 atom stereocenters. The molecular formula is C11H19N. The van der Waals surface area contributed by atoms with Gasteiger partial charge in [0, 0.05) is 6.42 Å². The normalized spacial score (nSPS) is 10.3. The van der Waals surface area contributed by atoms with Crippen molar-refractivity contribution in [1.29, 1.82) is 5.26 Å². The molecule has 0 spiro atoms. The van der Waals surface area contributed by atoms with Crippen molar-refractivity contribution in [2.24, 2.45) is 0 Å². The van der Waals surface area contributed by atoms with Gasteiger partial charge in [-0.15, -0.1) is 0 Å². The third-order valence-corrected chi connectivity index (χ3v) is 1.78. The van der Waals surface area contributed by atoms with Crippen LogP contribution in [-0.4, -0.2) is 0 Å². The van der Waals surface area contributed by atoms with E-state index in [1.807, 2.05) is 0 Å². The number of nitrogens with zero attached hydrogens (tertiary/aromatic N) is 1. The highest BCUT2D eigenvalue weighted by Gasteiger charge is 1.85. The van der Waals surface area contributed by atoms with E-state index in [4.69, 9.17) is 5.26 Å². The minimum Gasteiger partial charge on any atom is -0.198 e. The Morgan fingerprint density at radius 2 is 1.83 bits per heavy atom. The second-order valence-corrected chi connectivity index (χ2v) is 3.02. The monoisotopic (exact) mass is 165 g/mol. The fourth-order valence-electron chi connectivity index (χ4n) is 1.05. The third kappa shape index (κ3) is 9.23. The van der Waals surface area contributed by atoms with E-state index >= 15 is 0 Å². The van der Waals surface area contributed by atoms with E-state index in [0.29, 0.717) is 0 Å². The molecule has 0 saturated carbocycles. The van der Waals surface area contributed by atoms with Gasteiger partial charge in [0.1, 0.15) is 0 Å². The molecule has 0 aliphatic carbocycles. The van der Waals surface area contributed by atoms with Gasteiger partial charge in [0.25, 0.3) is 0 Å². The highest BCUT2D eigenvalue weighted by atomic mass is 14.2. The smallest absolute Gasteiger partial charge is 0.0621 e. The molecule has 0 aromatic carbocycles. The molecule has 0 N–H and O–H groups in total. The summed E-state index contributed by atoms with van der Waals surface area (Å²) in [5, 5.41) is 8.27. The number of nitriles is 1. The minimum atomic E-state index is 0.721. The lowest BCUT2D eigenvalue weighted by atomic mass is 10.1. The summed E-state index contributed by atoms with van der Waals surface area (Å²) in [5.41, 5.74) is 0. The average molecular weight is 165 g/mol. The lowest BCUT2D eigenvalue weighted by Crippen LogP contribution is -1.74. The molecule has 0 aliphatic heterocycles. The maximum Gasteiger partial charge on any atom is 0.0621 e. The van der Waals surface area contributed by atoms with Crippen LogP contribution in [0.25, 0.3) is 0 Å². The number of hydrogen-bond acceptors (Lipinski definition) is 1. The van der Waals surface area contributed by atoms with Crippen LogP contribution in [0.15, 0.2) is 12.2 Å². The predicted molar refractivity (Wildman–Crippen MR) is 52.7 cm³/mol. The second-order valence-electron chi connectivity index (χ2n) is 3.02. The molecular weight excluding hydrogens is 146 g/mol. The average Bonchev–Trinajstić information content (AvgIpc) is 2.10. The Hall–Kier alpha value is -0.770. The summed E-state index contributed by atoms with van der Waals surface area (Å²) in [4.78, 5) is 0. The maximum atomic E-state index is 8.27. The summed E-state index contributed by atoms with van der Waals surface area (Å²) in [5.74, 6) is 0. The van der Waals surface area contributed by atoms with Crippen molar-refractivity contribution >= 4 is 0 Å². The van der Waals surface area contributed by atoms with E-state index in [1.165, 1.54) is 32.1 Å². The summed E-state index contributed by atoms with van der Waals surface area (Å²) >= 11 is 0. The number of unbranched alkanes of at least 4 members (excludes halogenated alkanes) is 5. The van der Waals surface area contributed by atoms with Crippen LogP contribution in [0.1, 0.15) is 51.9 Å². The fraction of sp³-hybridized carbons (Fsp3) is 0.727. The second kappa shape index (κ2) is 10.2. The van der Waals surface area contributed by atoms with Crippen molar-refractivity contribution in [3.8, 4) is 6.07 Å². The highest BCUT2D eigenvalue weighted by Crippen LogP contribution is 2.03. The molecule has 1 heteroatoms. The van der Waals surface area contributed by atoms with Gasteiger partial charge in [0.2, 0.25) is 0 Å². The number of rotatable bonds is 7. The predicted octanol–water partition coefficient (Wildman–Crippen LogP) is 3.82. The van der Waals surface area contributed by atoms with Gasteiger partial charge in [-0.25, -0.2) is 0 Å². The molecule has 0 unspecified atom stereocenters. The summed E-state index contributed by atoms with van der Waals surface area (Å²) in [6.45, 7) is 2.19. The van der Waals surface area contributed by atoms with Gasteiger partial charge in [-0.3, -0.25) is 0 Å². The quantitative estimate of drug-likeness (QED) is 0.415. The number of hydrogen-bond donors (Lipinski definition) is 0. The van der Waals surface area contributed by atoms with Crippen molar-refractivity contribution < 1.29 is 0 Å². The van der Waals surface area contributed by atoms with Gasteiger partial charge in [0.05, 0.1) is 6.07 Å². The minimum absolute atomic E-state index is 0.721. The van der Waals surface area contributed by atoms with Crippen molar-refractivity contribution in [3.05, 3.63) is 12.2 Å². The summed E-state index contributed by atoms with van der Waals surface area (Å²) in [7, 11) is 0. The zero-order valence-corrected chi connectivity index (χ0v) is 8.05. The molecule has 0 radical (unpaired) electrons. The van der Waals surface area contributed by atoms with Crippen LogP contribution in [0.3, 0.4) is 0 Å². The van der Waals surface area contributed by atoms with E-state index in [-0.39, 0.29) is 0 Å². The van der Waals surface area contributed by atoms with E-state index in [9.17, 15) is 0 Å². The van der Waals surface area contributed by atoms with Gasteiger partial charge in [-0.05, 0) is 25.7 Å². The van der Waals surface area contributed by atoms with E-state index in [2.05, 4.69) is 25.1 Å². The third-order valence-electron chi connectivity index (χ3n) is 1.78. The first kappa shape index (κ1) is 11.2. The molecule has 0 heterocycles. The van der Waals surface area contributed by atoms with E-state index < -0.39 is 0 Å². The van der Waals surface area contributed by atoms with Crippen molar-refractivity contribution in [1.82, 2.24) is 0 Å². The summed E-state index contributed by atoms with van der Waals surface area (Å²) in [6.07, 6.45) is 12.4. The van der Waals surface area contributed by atoms with E-state index in [1.54, 1.807) is 0 Å². The first-order valence-electron chi connectivity index (χ1n) is 4.93. The zero-order valence-electron chi connectivity index (χ0n) is 8.05. The van der Waals surface area contributed by atoms with Crippen molar-refractivity contribution in [2.45, 2.75) is 51.9 Å². The molecule has 0 fully saturated rings. The highest BCUT2D eigenvalue weighted by molar-refractivity contribution is 4.80. The van der Waals surface area contributed by atoms with Gasteiger partial charge in [-0.2, -0.15) is 5.26 Å². The van der Waals surface area contributed by atoms with Crippen molar-refractivity contribution in [2.75, 3.05) is 0 Å². The number of allylic oxidation sites excluding steroid dienone is 2. The Morgan fingerprint density at radius 1 is 1.08 bits per heavy atom. The molecule has 0 bridgehead atoms. The zero-order chi connectivity index (χ0) is 9.07. The van der Waals surface area contributed by atoms with Crippen LogP contribution in [0.4, 0.5) is 0 Å². The molecule has 68 valence electrons. The van der Waals surface area contributed by atoms with Gasteiger partial charge >= 0.3 is 0 Å². The van der Waals surface area contributed by atoms with Gasteiger partial charge in [-0.1, -0.05) is 31.9 Å². The van der Waals surface area contributed by atoms with Crippen LogP contribution in [0.5, 0.6) is 0 Å². The topological polar surface area (TPSA) is 23.8 Å². The van der Waals surface area contributed by atoms with Crippen LogP contribution >= 0.6 is 0 Å². The molecule has 0 rings (SSSR count). The molecule has 12 heavy (non-hydrogen) atoms. The van der Waals surface area contributed by atoms with Crippen LogP contribution < -0.4 is 0 Å². The van der Waals surface area contributed by atoms with Crippen LogP contribution in [-0.2, 0) is 0 Å². The lowest BCUT2D eigenvalue weighted by Gasteiger charge is -1.92. The van der Waals surface area contributed by atoms with Crippen LogP contribution in [0.2, 0.25) is 0 Å². The first-order valence-corrected chi connectivity index (χ1v) is 4.93. The molecule has 0 amide bonds. The maximum absolute atomic E-state index is 8.27. The largest absolute Gasteiger partial charge is 0.198 e. The standard InChI is InChI=1S/C11H19N/c1-2-3-4-5-6-7-8-9-10-11-12/h4-5H,2-3,6-10H2,1H3. The van der Waals surface area contributed by atoms with E-state index in [0.717, 1.165) is 12.8 Å². The summed E-state index contributed by atoms with van der Waals surface area (Å²) < 4.78 is 0. The Bertz CT molecular complexity index is 142. The Labute approximate surface area is 76.1 Å². The molecule has 0 aromatic heterocycles. The van der Waals surface area contributed by atoms with Gasteiger partial charge in [0.15, 0.2) is 0 Å². The van der Waals surface area contributed by atoms with Crippen molar-refractivity contribution in [3.63, 3.8) is 0 Å². The summed E-state index contributed by atoms with van der Waals surface area (Å²) in [6, 6.07) is 2.16. The molecule has 1 nitrogen and oxygen atoms in total. The molecule has 0 aromatic rings. The van der Waals surface area contributed by atoms with Crippen LogP contribution in [0, 0.1) is 11.3 Å². The molecule has 0 aliphatic rings.